The van der Waals surface area contributed by atoms with Gasteiger partial charge in [-0.3, -0.25) is 4.68 Å². The average molecular weight is 338 g/mol. The maximum absolute atomic E-state index is 12.8. The van der Waals surface area contributed by atoms with Gasteiger partial charge in [-0.05, 0) is 18.8 Å². The average Bonchev–Trinajstić information content (AvgIpc) is 3.19. The van der Waals surface area contributed by atoms with Crippen molar-refractivity contribution in [1.82, 2.24) is 29.0 Å². The number of nitrogens with zero attached hydrogens (tertiary/aromatic N) is 5. The van der Waals surface area contributed by atoms with Gasteiger partial charge in [-0.1, -0.05) is 13.8 Å². The van der Waals surface area contributed by atoms with Gasteiger partial charge in [0.2, 0.25) is 0 Å². The molecule has 0 radical (unpaired) electrons. The summed E-state index contributed by atoms with van der Waals surface area (Å²) in [5, 5.41) is 4.28. The van der Waals surface area contributed by atoms with Gasteiger partial charge < -0.3 is 4.98 Å². The van der Waals surface area contributed by atoms with E-state index in [-0.39, 0.29) is 16.9 Å². The Bertz CT molecular complexity index is 737. The predicted molar refractivity (Wildman–Crippen MR) is 84.2 cm³/mol. The molecule has 0 spiro atoms. The number of H-pyrrole nitrogens is 1. The van der Waals surface area contributed by atoms with E-state index in [9.17, 15) is 8.42 Å². The van der Waals surface area contributed by atoms with E-state index < -0.39 is 10.0 Å². The molecule has 8 nitrogen and oxygen atoms in total. The molecule has 1 saturated heterocycles. The predicted octanol–water partition coefficient (Wildman–Crippen LogP) is 1.23. The number of hydrogen-bond donors (Lipinski definition) is 1. The topological polar surface area (TPSA) is 96.8 Å². The molecule has 1 aliphatic rings. The van der Waals surface area contributed by atoms with Crippen LogP contribution in [0.15, 0.2) is 23.9 Å². The second-order valence-corrected chi connectivity index (χ2v) is 8.18. The molecule has 2 aromatic rings. The van der Waals surface area contributed by atoms with Crippen LogP contribution >= 0.6 is 0 Å². The summed E-state index contributed by atoms with van der Waals surface area (Å²) in [7, 11) is -3.52. The molecule has 3 rings (SSSR count). The van der Waals surface area contributed by atoms with Crippen LogP contribution in [0.4, 0.5) is 0 Å². The first-order valence-electron chi connectivity index (χ1n) is 7.84. The van der Waals surface area contributed by atoms with Gasteiger partial charge in [-0.15, -0.1) is 0 Å². The van der Waals surface area contributed by atoms with Crippen LogP contribution in [-0.2, 0) is 16.6 Å². The van der Waals surface area contributed by atoms with Gasteiger partial charge in [0.15, 0.2) is 5.03 Å². The van der Waals surface area contributed by atoms with Crippen LogP contribution in [0.1, 0.15) is 38.4 Å². The zero-order chi connectivity index (χ0) is 16.4. The van der Waals surface area contributed by atoms with E-state index in [1.807, 2.05) is 13.8 Å². The van der Waals surface area contributed by atoms with Crippen LogP contribution in [0.25, 0.3) is 0 Å². The number of hydrogen-bond acceptors (Lipinski definition) is 5. The molecular formula is C14H22N6O2S. The van der Waals surface area contributed by atoms with Gasteiger partial charge in [-0.25, -0.2) is 18.4 Å². The van der Waals surface area contributed by atoms with Crippen LogP contribution in [0.5, 0.6) is 0 Å². The normalized spacial score (nSPS) is 20.2. The second-order valence-electron chi connectivity index (χ2n) is 6.28. The molecule has 1 aliphatic heterocycles. The van der Waals surface area contributed by atoms with Crippen LogP contribution in [0.2, 0.25) is 0 Å². The van der Waals surface area contributed by atoms with Crippen LogP contribution in [-0.4, -0.2) is 50.5 Å². The third-order valence-electron chi connectivity index (χ3n) is 4.13. The summed E-state index contributed by atoms with van der Waals surface area (Å²) >= 11 is 0. The Labute approximate surface area is 136 Å². The standard InChI is InChI=1S/C14H22N6O2S/c1-11(2)14-16-6-13(18-14)23(21,22)20-5-3-4-12(8-20)7-19-10-15-9-17-19/h6,9-12H,3-5,7-8H2,1-2H3,(H,16,18)/t12-/m0/s1. The Morgan fingerprint density at radius 1 is 1.43 bits per heavy atom. The third kappa shape index (κ3) is 3.45. The molecule has 126 valence electrons. The van der Waals surface area contributed by atoms with Gasteiger partial charge in [-0.2, -0.15) is 9.40 Å². The quantitative estimate of drug-likeness (QED) is 0.884. The van der Waals surface area contributed by atoms with Gasteiger partial charge in [0.1, 0.15) is 18.5 Å². The number of aromatic amines is 1. The first-order valence-corrected chi connectivity index (χ1v) is 9.28. The highest BCUT2D eigenvalue weighted by molar-refractivity contribution is 7.89. The first-order chi connectivity index (χ1) is 11.0. The molecule has 0 aromatic carbocycles. The summed E-state index contributed by atoms with van der Waals surface area (Å²) in [6, 6.07) is 0. The van der Waals surface area contributed by atoms with Crippen molar-refractivity contribution in [2.45, 2.75) is 44.2 Å². The summed E-state index contributed by atoms with van der Waals surface area (Å²) < 4.78 is 28.9. The Morgan fingerprint density at radius 3 is 2.91 bits per heavy atom. The maximum Gasteiger partial charge on any atom is 0.260 e. The van der Waals surface area contributed by atoms with Gasteiger partial charge >= 0.3 is 0 Å². The molecule has 1 fully saturated rings. The van der Waals surface area contributed by atoms with Gasteiger partial charge in [0, 0.05) is 25.6 Å². The molecular weight excluding hydrogens is 316 g/mol. The van der Waals surface area contributed by atoms with E-state index >= 15 is 0 Å². The largest absolute Gasteiger partial charge is 0.332 e. The highest BCUT2D eigenvalue weighted by Crippen LogP contribution is 2.24. The number of aromatic nitrogens is 5. The molecule has 0 saturated carbocycles. The van der Waals surface area contributed by atoms with E-state index in [0.29, 0.717) is 25.5 Å². The van der Waals surface area contributed by atoms with Crippen molar-refractivity contribution in [3.63, 3.8) is 0 Å². The fourth-order valence-corrected chi connectivity index (χ4v) is 4.34. The molecule has 0 amide bonds. The van der Waals surface area contributed by atoms with Crippen molar-refractivity contribution < 1.29 is 8.42 Å². The van der Waals surface area contributed by atoms with Crippen molar-refractivity contribution in [2.75, 3.05) is 13.1 Å². The number of nitrogens with one attached hydrogen (secondary N) is 1. The maximum atomic E-state index is 12.8. The fraction of sp³-hybridized carbons (Fsp3) is 0.643. The minimum atomic E-state index is -3.52. The van der Waals surface area contributed by atoms with Crippen molar-refractivity contribution in [1.29, 1.82) is 0 Å². The van der Waals surface area contributed by atoms with Crippen molar-refractivity contribution >= 4 is 10.0 Å². The van der Waals surface area contributed by atoms with Crippen molar-refractivity contribution in [2.24, 2.45) is 5.92 Å². The SMILES string of the molecule is CC(C)c1ncc(S(=O)(=O)N2CCC[C@@H](Cn3cncn3)C2)[nH]1. The number of sulfonamides is 1. The molecule has 0 bridgehead atoms. The summed E-state index contributed by atoms with van der Waals surface area (Å²) in [5.74, 6) is 1.10. The van der Waals surface area contributed by atoms with Crippen LogP contribution in [0.3, 0.4) is 0 Å². The summed E-state index contributed by atoms with van der Waals surface area (Å²) in [6.45, 7) is 5.69. The van der Waals surface area contributed by atoms with Crippen molar-refractivity contribution in [3.05, 3.63) is 24.7 Å². The molecule has 1 atom stereocenters. The Balaban J connectivity index is 1.73. The second kappa shape index (κ2) is 6.40. The zero-order valence-corrected chi connectivity index (χ0v) is 14.2. The van der Waals surface area contributed by atoms with Gasteiger partial charge in [0.25, 0.3) is 10.0 Å². The molecule has 23 heavy (non-hydrogen) atoms. The molecule has 1 N–H and O–H groups in total. The summed E-state index contributed by atoms with van der Waals surface area (Å²) in [5.41, 5.74) is 0. The van der Waals surface area contributed by atoms with E-state index in [4.69, 9.17) is 0 Å². The fourth-order valence-electron chi connectivity index (χ4n) is 2.87. The lowest BCUT2D eigenvalue weighted by Gasteiger charge is -2.31. The van der Waals surface area contributed by atoms with E-state index in [2.05, 4.69) is 20.1 Å². The Hall–Kier alpha value is -1.74. The van der Waals surface area contributed by atoms with Crippen LogP contribution in [0, 0.1) is 5.92 Å². The molecule has 2 aromatic heterocycles. The van der Waals surface area contributed by atoms with E-state index in [1.165, 1.54) is 12.5 Å². The minimum Gasteiger partial charge on any atom is -0.332 e. The van der Waals surface area contributed by atoms with Crippen molar-refractivity contribution in [3.8, 4) is 0 Å². The number of imidazole rings is 1. The lowest BCUT2D eigenvalue weighted by Crippen LogP contribution is -2.41. The third-order valence-corrected chi connectivity index (χ3v) is 5.91. The lowest BCUT2D eigenvalue weighted by molar-refractivity contribution is 0.239. The van der Waals surface area contributed by atoms with Crippen LogP contribution < -0.4 is 0 Å². The molecule has 0 unspecified atom stereocenters. The van der Waals surface area contributed by atoms with Gasteiger partial charge in [0.05, 0.1) is 6.20 Å². The smallest absolute Gasteiger partial charge is 0.260 e. The summed E-state index contributed by atoms with van der Waals surface area (Å²) in [4.78, 5) is 11.0. The molecule has 9 heteroatoms. The highest BCUT2D eigenvalue weighted by Gasteiger charge is 2.32. The summed E-state index contributed by atoms with van der Waals surface area (Å²) in [6.07, 6.45) is 6.42. The van der Waals surface area contributed by atoms with E-state index in [1.54, 1.807) is 15.3 Å². The Kier molecular flexibility index (Phi) is 4.49. The zero-order valence-electron chi connectivity index (χ0n) is 13.4. The molecule has 3 heterocycles. The minimum absolute atomic E-state index is 0.167. The number of piperidine rings is 1. The monoisotopic (exact) mass is 338 g/mol. The highest BCUT2D eigenvalue weighted by atomic mass is 32.2. The Morgan fingerprint density at radius 2 is 2.26 bits per heavy atom. The number of rotatable bonds is 5. The lowest BCUT2D eigenvalue weighted by atomic mass is 10.00. The molecule has 0 aliphatic carbocycles. The van der Waals surface area contributed by atoms with E-state index in [0.717, 1.165) is 12.8 Å². The first kappa shape index (κ1) is 16.1.